The van der Waals surface area contributed by atoms with Crippen molar-refractivity contribution in [3.63, 3.8) is 0 Å². The number of ether oxygens (including phenoxy) is 1. The Hall–Kier alpha value is -4.07. The van der Waals surface area contributed by atoms with Crippen LogP contribution in [-0.2, 0) is 27.1 Å². The van der Waals surface area contributed by atoms with Crippen LogP contribution in [0.1, 0.15) is 21.9 Å². The highest BCUT2D eigenvalue weighted by atomic mass is 35.5. The molecule has 3 atom stereocenters. The van der Waals surface area contributed by atoms with Crippen molar-refractivity contribution in [3.05, 3.63) is 103 Å². The molecule has 2 aliphatic rings. The molecule has 3 aromatic carbocycles. The van der Waals surface area contributed by atoms with Crippen LogP contribution >= 0.6 is 34.7 Å². The van der Waals surface area contributed by atoms with E-state index < -0.39 is 63.7 Å². The number of nitrogens with one attached hydrogen (secondary N) is 1. The molecular weight excluding hydrogens is 639 g/mol. The van der Waals surface area contributed by atoms with Crippen molar-refractivity contribution >= 4 is 63.8 Å². The van der Waals surface area contributed by atoms with Gasteiger partial charge in [0.15, 0.2) is 0 Å². The first-order chi connectivity index (χ1) is 21.0. The number of carbonyl (C=O) groups is 3. The predicted octanol–water partition coefficient (Wildman–Crippen LogP) is 6.03. The Bertz CT molecular complexity index is 1840. The molecule has 1 N–H and O–H groups in total. The number of rotatable bonds is 6. The van der Waals surface area contributed by atoms with Gasteiger partial charge in [0.1, 0.15) is 17.5 Å². The molecule has 44 heavy (non-hydrogen) atoms. The Morgan fingerprint density at radius 1 is 0.977 bits per heavy atom. The maximum atomic E-state index is 13.9. The molecule has 1 fully saturated rings. The third-order valence-electron chi connectivity index (χ3n) is 7.42. The lowest BCUT2D eigenvalue weighted by molar-refractivity contribution is -0.137. The summed E-state index contributed by atoms with van der Waals surface area (Å²) < 4.78 is 46.9. The minimum atomic E-state index is -4.70. The van der Waals surface area contributed by atoms with Gasteiger partial charge in [0.25, 0.3) is 0 Å². The topological polar surface area (TPSA) is 97.7 Å². The highest BCUT2D eigenvalue weighted by molar-refractivity contribution is 8.00. The number of fused-ring (bicyclic) bond motifs is 2. The highest BCUT2D eigenvalue weighted by Crippen LogP contribution is 2.54. The lowest BCUT2D eigenvalue weighted by Crippen LogP contribution is -2.33. The summed E-state index contributed by atoms with van der Waals surface area (Å²) >= 11 is 7.85. The summed E-state index contributed by atoms with van der Waals surface area (Å²) in [6.07, 6.45) is -4.70. The van der Waals surface area contributed by atoms with Crippen LogP contribution in [0.25, 0.3) is 0 Å². The molecule has 4 aromatic rings. The van der Waals surface area contributed by atoms with Crippen molar-refractivity contribution in [2.24, 2.45) is 5.92 Å². The summed E-state index contributed by atoms with van der Waals surface area (Å²) in [6.45, 7) is -0.598. The maximum Gasteiger partial charge on any atom is 0.418 e. The minimum Gasteiger partial charge on any atom is -0.497 e. The molecule has 14 heteroatoms. The fraction of sp³-hybridized carbons (Fsp3) is 0.200. The summed E-state index contributed by atoms with van der Waals surface area (Å²) in [6, 6.07) is 17.7. The Morgan fingerprint density at radius 2 is 1.66 bits per heavy atom. The van der Waals surface area contributed by atoms with Gasteiger partial charge in [-0.2, -0.15) is 13.2 Å². The van der Waals surface area contributed by atoms with E-state index in [0.29, 0.717) is 31.9 Å². The standard InChI is InChI=1S/C30H21ClF3N3O5S2/c1-42-18-12-6-15(7-13-18)22-23-24(27(40)37(26(23)39)17-10-8-16(31)9-11-17)43-28-25(22)44-29(41)36(28)14-21(38)35-20-5-3-2-4-19(20)30(32,33)34/h2-13,22-24H,14H2,1H3,(H,35,38). The smallest absolute Gasteiger partial charge is 0.418 e. The van der Waals surface area contributed by atoms with Crippen LogP contribution < -0.4 is 19.8 Å². The fourth-order valence-corrected chi connectivity index (χ4v) is 8.34. The second kappa shape index (κ2) is 11.5. The molecule has 6 rings (SSSR count). The number of methoxy groups -OCH3 is 1. The second-order valence-corrected chi connectivity index (χ2v) is 12.6. The molecule has 1 aromatic heterocycles. The van der Waals surface area contributed by atoms with Gasteiger partial charge in [-0.1, -0.05) is 59.0 Å². The number of imide groups is 1. The van der Waals surface area contributed by atoms with Gasteiger partial charge in [-0.25, -0.2) is 4.90 Å². The minimum absolute atomic E-state index is 0.306. The van der Waals surface area contributed by atoms with Crippen LogP contribution in [0.2, 0.25) is 5.02 Å². The molecule has 0 saturated carbocycles. The Labute approximate surface area is 261 Å². The number of thiazole rings is 1. The number of benzene rings is 3. The number of para-hydroxylation sites is 1. The molecule has 3 amide bonds. The number of aromatic nitrogens is 1. The molecular formula is C30H21ClF3N3O5S2. The summed E-state index contributed by atoms with van der Waals surface area (Å²) in [5, 5.41) is 2.06. The van der Waals surface area contributed by atoms with Crippen molar-refractivity contribution in [2.75, 3.05) is 17.3 Å². The molecule has 1 saturated heterocycles. The summed E-state index contributed by atoms with van der Waals surface area (Å²) in [5.41, 5.74) is -0.474. The maximum absolute atomic E-state index is 13.9. The molecule has 3 heterocycles. The van der Waals surface area contributed by atoms with Crippen LogP contribution in [0.15, 0.2) is 82.6 Å². The zero-order valence-corrected chi connectivity index (χ0v) is 25.0. The van der Waals surface area contributed by atoms with Gasteiger partial charge in [-0.3, -0.25) is 23.7 Å². The lowest BCUT2D eigenvalue weighted by atomic mass is 9.83. The number of alkyl halides is 3. The fourth-order valence-electron chi connectivity index (χ4n) is 5.44. The molecule has 2 aliphatic heterocycles. The average molecular weight is 660 g/mol. The van der Waals surface area contributed by atoms with Crippen LogP contribution in [0.3, 0.4) is 0 Å². The van der Waals surface area contributed by atoms with Gasteiger partial charge >= 0.3 is 11.0 Å². The second-order valence-electron chi connectivity index (χ2n) is 10.0. The van der Waals surface area contributed by atoms with Crippen LogP contribution in [0.5, 0.6) is 5.75 Å². The van der Waals surface area contributed by atoms with Gasteiger partial charge in [0.2, 0.25) is 17.7 Å². The van der Waals surface area contributed by atoms with Gasteiger partial charge in [-0.05, 0) is 54.1 Å². The van der Waals surface area contributed by atoms with Gasteiger partial charge in [-0.15, -0.1) is 0 Å². The van der Waals surface area contributed by atoms with Gasteiger partial charge in [0.05, 0.1) is 35.0 Å². The van der Waals surface area contributed by atoms with Crippen LogP contribution in [-0.4, -0.2) is 34.6 Å². The van der Waals surface area contributed by atoms with Crippen molar-refractivity contribution in [3.8, 4) is 5.75 Å². The number of amides is 3. The van der Waals surface area contributed by atoms with Crippen LogP contribution in [0.4, 0.5) is 24.5 Å². The van der Waals surface area contributed by atoms with E-state index in [2.05, 4.69) is 5.32 Å². The SMILES string of the molecule is COc1ccc(C2c3sc(=O)n(CC(=O)Nc4ccccc4C(F)(F)F)c3SC3C(=O)N(c4ccc(Cl)cc4)C(=O)C32)cc1. The average Bonchev–Trinajstić information content (AvgIpc) is 3.43. The third kappa shape index (κ3) is 5.29. The summed E-state index contributed by atoms with van der Waals surface area (Å²) in [5.74, 6) is -2.83. The summed E-state index contributed by atoms with van der Waals surface area (Å²) in [4.78, 5) is 55.1. The van der Waals surface area contributed by atoms with Crippen LogP contribution in [0, 0.1) is 5.92 Å². The lowest BCUT2D eigenvalue weighted by Gasteiger charge is -2.30. The van der Waals surface area contributed by atoms with Crippen molar-refractivity contribution < 1.29 is 32.3 Å². The van der Waals surface area contributed by atoms with E-state index in [0.717, 1.165) is 44.7 Å². The molecule has 3 unspecified atom stereocenters. The van der Waals surface area contributed by atoms with E-state index in [1.54, 1.807) is 48.5 Å². The first kappa shape index (κ1) is 30.0. The molecule has 226 valence electrons. The number of carbonyl (C=O) groups excluding carboxylic acids is 3. The molecule has 0 bridgehead atoms. The molecule has 0 aliphatic carbocycles. The number of hydrogen-bond donors (Lipinski definition) is 1. The van der Waals surface area contributed by atoms with Gasteiger partial charge < -0.3 is 10.1 Å². The van der Waals surface area contributed by atoms with E-state index in [1.807, 2.05) is 0 Å². The monoisotopic (exact) mass is 659 g/mol. The normalized spacial score (nSPS) is 19.5. The number of thioether (sulfide) groups is 1. The molecule has 0 radical (unpaired) electrons. The van der Waals surface area contributed by atoms with E-state index in [1.165, 1.54) is 19.2 Å². The number of hydrogen-bond acceptors (Lipinski definition) is 7. The zero-order valence-electron chi connectivity index (χ0n) is 22.6. The van der Waals surface area contributed by atoms with E-state index in [4.69, 9.17) is 16.3 Å². The number of halogens is 4. The zero-order chi connectivity index (χ0) is 31.3. The Balaban J connectivity index is 1.40. The molecule has 0 spiro atoms. The van der Waals surface area contributed by atoms with E-state index >= 15 is 0 Å². The highest BCUT2D eigenvalue weighted by Gasteiger charge is 2.56. The number of nitrogens with zero attached hydrogens (tertiary/aromatic N) is 2. The molecule has 8 nitrogen and oxygen atoms in total. The largest absolute Gasteiger partial charge is 0.497 e. The van der Waals surface area contributed by atoms with Crippen molar-refractivity contribution in [1.82, 2.24) is 4.57 Å². The first-order valence-electron chi connectivity index (χ1n) is 13.1. The first-order valence-corrected chi connectivity index (χ1v) is 15.2. The van der Waals surface area contributed by atoms with Crippen molar-refractivity contribution in [1.29, 1.82) is 0 Å². The third-order valence-corrected chi connectivity index (χ3v) is 10.3. The summed E-state index contributed by atoms with van der Waals surface area (Å²) in [7, 11) is 1.51. The number of anilines is 2. The quantitative estimate of drug-likeness (QED) is 0.254. The van der Waals surface area contributed by atoms with E-state index in [-0.39, 0.29) is 0 Å². The predicted molar refractivity (Wildman–Crippen MR) is 161 cm³/mol. The Morgan fingerprint density at radius 3 is 2.32 bits per heavy atom. The van der Waals surface area contributed by atoms with Crippen molar-refractivity contribution in [2.45, 2.75) is 28.9 Å². The van der Waals surface area contributed by atoms with Gasteiger partial charge in [0, 0.05) is 15.8 Å². The van der Waals surface area contributed by atoms with E-state index in [9.17, 15) is 32.3 Å². The Kier molecular flexibility index (Phi) is 7.80.